The molecule has 2 aromatic rings. The Morgan fingerprint density at radius 2 is 1.67 bits per heavy atom. The first-order valence-electron chi connectivity index (χ1n) is 9.05. The van der Waals surface area contributed by atoms with Gasteiger partial charge in [0.05, 0.1) is 0 Å². The molecule has 4 rings (SSSR count). The van der Waals surface area contributed by atoms with Crippen LogP contribution in [0.4, 0.5) is 0 Å². The molecule has 0 amide bonds. The van der Waals surface area contributed by atoms with Crippen LogP contribution in [0.2, 0.25) is 5.02 Å². The maximum atomic E-state index is 5.92. The number of nitrogens with zero attached hydrogens (tertiary/aromatic N) is 2. The van der Waals surface area contributed by atoms with E-state index in [4.69, 9.17) is 33.3 Å². The second-order valence-electron chi connectivity index (χ2n) is 6.74. The first-order valence-corrected chi connectivity index (χ1v) is 9.84. The minimum atomic E-state index is 0.317. The summed E-state index contributed by atoms with van der Waals surface area (Å²) in [6, 6.07) is 14.0. The zero-order valence-corrected chi connectivity index (χ0v) is 16.6. The molecular formula is C20H22ClN3O2S. The normalized spacial score (nSPS) is 16.4. The number of fused-ring (bicyclic) bond motifs is 1. The van der Waals surface area contributed by atoms with Crippen LogP contribution in [0.5, 0.6) is 11.5 Å². The van der Waals surface area contributed by atoms with Crippen molar-refractivity contribution in [3.63, 3.8) is 0 Å². The van der Waals surface area contributed by atoms with Gasteiger partial charge in [-0.2, -0.15) is 0 Å². The lowest BCUT2D eigenvalue weighted by Gasteiger charge is -2.36. The highest BCUT2D eigenvalue weighted by molar-refractivity contribution is 7.80. The van der Waals surface area contributed by atoms with Crippen molar-refractivity contribution in [3.05, 3.63) is 58.6 Å². The molecule has 2 aliphatic rings. The molecule has 7 heteroatoms. The highest BCUT2D eigenvalue weighted by Crippen LogP contribution is 2.32. The quantitative estimate of drug-likeness (QED) is 0.790. The number of halogens is 1. The van der Waals surface area contributed by atoms with Gasteiger partial charge in [-0.15, -0.1) is 0 Å². The summed E-state index contributed by atoms with van der Waals surface area (Å²) in [4.78, 5) is 4.68. The summed E-state index contributed by atoms with van der Waals surface area (Å²) in [5, 5.41) is 4.91. The Morgan fingerprint density at radius 3 is 2.44 bits per heavy atom. The van der Waals surface area contributed by atoms with Gasteiger partial charge in [0.25, 0.3) is 0 Å². The smallest absolute Gasteiger partial charge is 0.231 e. The maximum absolute atomic E-state index is 5.92. The van der Waals surface area contributed by atoms with Crippen LogP contribution in [0.15, 0.2) is 42.5 Å². The first-order chi connectivity index (χ1) is 13.2. The van der Waals surface area contributed by atoms with Crippen LogP contribution >= 0.6 is 23.8 Å². The summed E-state index contributed by atoms with van der Waals surface area (Å²) in [5.74, 6) is 1.68. The van der Waals surface area contributed by atoms with E-state index >= 15 is 0 Å². The highest BCUT2D eigenvalue weighted by Gasteiger charge is 2.20. The van der Waals surface area contributed by atoms with Crippen molar-refractivity contribution >= 4 is 28.9 Å². The molecule has 2 heterocycles. The summed E-state index contributed by atoms with van der Waals surface area (Å²) in [6.07, 6.45) is 0. The van der Waals surface area contributed by atoms with Crippen molar-refractivity contribution < 1.29 is 9.47 Å². The van der Waals surface area contributed by atoms with Crippen molar-refractivity contribution in [3.8, 4) is 11.5 Å². The van der Waals surface area contributed by atoms with Gasteiger partial charge in [0, 0.05) is 44.3 Å². The van der Waals surface area contributed by atoms with E-state index in [0.717, 1.165) is 54.4 Å². The van der Waals surface area contributed by atoms with Gasteiger partial charge < -0.3 is 19.7 Å². The van der Waals surface area contributed by atoms with Crippen LogP contribution in [0.3, 0.4) is 0 Å². The minimum absolute atomic E-state index is 0.317. The van der Waals surface area contributed by atoms with Crippen molar-refractivity contribution in [1.29, 1.82) is 0 Å². The third-order valence-electron chi connectivity index (χ3n) is 4.86. The van der Waals surface area contributed by atoms with Crippen molar-refractivity contribution in [2.75, 3.05) is 33.0 Å². The predicted molar refractivity (Wildman–Crippen MR) is 110 cm³/mol. The van der Waals surface area contributed by atoms with E-state index in [2.05, 4.69) is 27.2 Å². The average molecular weight is 404 g/mol. The Kier molecular flexibility index (Phi) is 5.66. The van der Waals surface area contributed by atoms with Gasteiger partial charge in [-0.05, 0) is 47.6 Å². The molecule has 5 nitrogen and oxygen atoms in total. The van der Waals surface area contributed by atoms with E-state index in [1.165, 1.54) is 11.1 Å². The summed E-state index contributed by atoms with van der Waals surface area (Å²) in [7, 11) is 0. The van der Waals surface area contributed by atoms with Crippen LogP contribution in [-0.4, -0.2) is 47.9 Å². The molecule has 1 N–H and O–H groups in total. The second kappa shape index (κ2) is 8.33. The van der Waals surface area contributed by atoms with Crippen molar-refractivity contribution in [1.82, 2.24) is 15.1 Å². The standard InChI is InChI=1S/C20H22ClN3O2S/c21-17-4-1-15(2-5-17)12-22-20(27)24-9-7-23(8-10-24)13-16-3-6-18-19(11-16)26-14-25-18/h1-6,11H,7-10,12-14H2,(H,22,27). The average Bonchev–Trinajstić information content (AvgIpc) is 3.16. The molecule has 2 aromatic carbocycles. The van der Waals surface area contributed by atoms with E-state index in [1.807, 2.05) is 30.3 Å². The molecule has 2 aliphatic heterocycles. The van der Waals surface area contributed by atoms with E-state index in [-0.39, 0.29) is 0 Å². The largest absolute Gasteiger partial charge is 0.454 e. The molecule has 0 saturated carbocycles. The summed E-state index contributed by atoms with van der Waals surface area (Å²) >= 11 is 11.5. The molecule has 27 heavy (non-hydrogen) atoms. The van der Waals surface area contributed by atoms with E-state index in [9.17, 15) is 0 Å². The second-order valence-corrected chi connectivity index (χ2v) is 7.56. The van der Waals surface area contributed by atoms with E-state index in [0.29, 0.717) is 13.3 Å². The Balaban J connectivity index is 1.23. The number of hydrogen-bond donors (Lipinski definition) is 1. The number of rotatable bonds is 4. The molecule has 0 aromatic heterocycles. The topological polar surface area (TPSA) is 37.0 Å². The van der Waals surface area contributed by atoms with Gasteiger partial charge in [0.1, 0.15) is 0 Å². The molecule has 0 atom stereocenters. The van der Waals surface area contributed by atoms with Crippen LogP contribution in [-0.2, 0) is 13.1 Å². The molecule has 0 radical (unpaired) electrons. The number of ether oxygens (including phenoxy) is 2. The van der Waals surface area contributed by atoms with Gasteiger partial charge >= 0.3 is 0 Å². The number of thiocarbonyl (C=S) groups is 1. The number of piperazine rings is 1. The molecule has 0 aliphatic carbocycles. The molecule has 0 spiro atoms. The van der Waals surface area contributed by atoms with Gasteiger partial charge in [0.15, 0.2) is 16.6 Å². The molecule has 142 valence electrons. The zero-order chi connectivity index (χ0) is 18.6. The summed E-state index contributed by atoms with van der Waals surface area (Å²) in [5.41, 5.74) is 2.42. The third kappa shape index (κ3) is 4.64. The maximum Gasteiger partial charge on any atom is 0.231 e. The molecular weight excluding hydrogens is 382 g/mol. The Labute approximate surface area is 169 Å². The zero-order valence-electron chi connectivity index (χ0n) is 15.0. The van der Waals surface area contributed by atoms with Crippen LogP contribution in [0.25, 0.3) is 0 Å². The van der Waals surface area contributed by atoms with E-state index in [1.54, 1.807) is 0 Å². The predicted octanol–water partition coefficient (Wildman–Crippen LogP) is 3.26. The highest BCUT2D eigenvalue weighted by atomic mass is 35.5. The molecule has 1 saturated heterocycles. The van der Waals surface area contributed by atoms with Gasteiger partial charge in [-0.3, -0.25) is 4.90 Å². The number of nitrogens with one attached hydrogen (secondary N) is 1. The van der Waals surface area contributed by atoms with Crippen LogP contribution in [0, 0.1) is 0 Å². The summed E-state index contributed by atoms with van der Waals surface area (Å²) in [6.45, 7) is 5.77. The molecule has 1 fully saturated rings. The SMILES string of the molecule is S=C(NCc1ccc(Cl)cc1)N1CCN(Cc2ccc3c(c2)OCO3)CC1. The Hall–Kier alpha value is -2.02. The lowest BCUT2D eigenvalue weighted by Crippen LogP contribution is -2.51. The lowest BCUT2D eigenvalue weighted by atomic mass is 10.1. The van der Waals surface area contributed by atoms with Crippen LogP contribution in [0.1, 0.15) is 11.1 Å². The molecule has 0 bridgehead atoms. The minimum Gasteiger partial charge on any atom is -0.454 e. The summed E-state index contributed by atoms with van der Waals surface area (Å²) < 4.78 is 10.8. The monoisotopic (exact) mass is 403 g/mol. The fourth-order valence-electron chi connectivity index (χ4n) is 3.30. The van der Waals surface area contributed by atoms with Crippen LogP contribution < -0.4 is 14.8 Å². The van der Waals surface area contributed by atoms with Crippen molar-refractivity contribution in [2.45, 2.75) is 13.1 Å². The fourth-order valence-corrected chi connectivity index (χ4v) is 3.68. The van der Waals surface area contributed by atoms with Gasteiger partial charge in [0.2, 0.25) is 6.79 Å². The third-order valence-corrected chi connectivity index (χ3v) is 5.51. The Morgan fingerprint density at radius 1 is 0.963 bits per heavy atom. The Bertz CT molecular complexity index is 807. The van der Waals surface area contributed by atoms with Gasteiger partial charge in [-0.25, -0.2) is 0 Å². The fraction of sp³-hybridized carbons (Fsp3) is 0.350. The lowest BCUT2D eigenvalue weighted by molar-refractivity contribution is 0.172. The number of hydrogen-bond acceptors (Lipinski definition) is 4. The number of benzene rings is 2. The first kappa shape index (κ1) is 18.3. The van der Waals surface area contributed by atoms with E-state index < -0.39 is 0 Å². The van der Waals surface area contributed by atoms with Crippen molar-refractivity contribution in [2.24, 2.45) is 0 Å². The van der Waals surface area contributed by atoms with Gasteiger partial charge in [-0.1, -0.05) is 29.8 Å². The molecule has 0 unspecified atom stereocenters.